The lowest BCUT2D eigenvalue weighted by Crippen LogP contribution is -2.72. The molecule has 1 aromatic carbocycles. The Morgan fingerprint density at radius 2 is 1.69 bits per heavy atom. The Kier molecular flexibility index (Phi) is 15.6. The van der Waals surface area contributed by atoms with Crippen molar-refractivity contribution in [3.8, 4) is 5.75 Å². The third-order valence-corrected chi connectivity index (χ3v) is 11.2. The Balaban J connectivity index is 1.27. The standard InChI is InChI=1S/C41H54ClN3O16/c1-24-9-8-10-29(54-7)41(52)21-31(59-38(51)43-41)40(4)23-39(3,61-40)30(20-34(48)44(5)27-18-26(17-24)19-28(53-6)36(27)42)58-37(50)25(2)57-16-15-55-13-14-56-22-35(49)60-45-32(46)11-12-33(45)47/h8-10,18-19,25,29-31,52H,11-17,20-23H2,1-7H3,(H,43,51)/b10-8+,24-9+/t25-,29+,30-,31?,39+,40-,41-/m0/s1. The Bertz CT molecular complexity index is 1880. The zero-order valence-electron chi connectivity index (χ0n) is 35.3. The number of fused-ring (bicyclic) bond motifs is 6. The van der Waals surface area contributed by atoms with Crippen molar-refractivity contribution in [3.05, 3.63) is 46.5 Å². The van der Waals surface area contributed by atoms with Gasteiger partial charge in [-0.15, -0.1) is 5.06 Å². The molecule has 6 rings (SSSR count). The average molecular weight is 880 g/mol. The van der Waals surface area contributed by atoms with Crippen LogP contribution in [0.2, 0.25) is 5.02 Å². The molecule has 20 heteroatoms. The van der Waals surface area contributed by atoms with Gasteiger partial charge in [0.1, 0.15) is 46.9 Å². The molecule has 0 radical (unpaired) electrons. The quantitative estimate of drug-likeness (QED) is 0.156. The van der Waals surface area contributed by atoms with Crippen molar-refractivity contribution in [3.63, 3.8) is 0 Å². The summed E-state index contributed by atoms with van der Waals surface area (Å²) in [6.45, 7) is 6.27. The normalized spacial score (nSPS) is 30.0. The van der Waals surface area contributed by atoms with Gasteiger partial charge in [-0.25, -0.2) is 14.4 Å². The van der Waals surface area contributed by atoms with Crippen LogP contribution in [-0.4, -0.2) is 142 Å². The highest BCUT2D eigenvalue weighted by Gasteiger charge is 2.63. The third-order valence-electron chi connectivity index (χ3n) is 10.8. The van der Waals surface area contributed by atoms with E-state index in [1.807, 2.05) is 13.0 Å². The molecular formula is C41H54ClN3O16. The number of halogens is 1. The van der Waals surface area contributed by atoms with Crippen molar-refractivity contribution in [2.24, 2.45) is 0 Å². The van der Waals surface area contributed by atoms with Crippen LogP contribution < -0.4 is 15.0 Å². The van der Waals surface area contributed by atoms with Crippen molar-refractivity contribution < 1.29 is 76.6 Å². The van der Waals surface area contributed by atoms with Crippen LogP contribution in [0.3, 0.4) is 0 Å². The van der Waals surface area contributed by atoms with E-state index < -0.39 is 83.7 Å². The first-order valence-corrected chi connectivity index (χ1v) is 20.1. The molecule has 0 saturated carbocycles. The van der Waals surface area contributed by atoms with Gasteiger partial charge in [0.15, 0.2) is 11.8 Å². The smallest absolute Gasteiger partial charge is 0.409 e. The number of methoxy groups -OCH3 is 2. The molecule has 5 aliphatic rings. The van der Waals surface area contributed by atoms with Gasteiger partial charge in [0.25, 0.3) is 11.8 Å². The second-order valence-electron chi connectivity index (χ2n) is 15.7. The number of anilines is 1. The number of ether oxygens (including phenoxy) is 8. The van der Waals surface area contributed by atoms with Crippen molar-refractivity contribution in [1.29, 1.82) is 0 Å². The Labute approximate surface area is 358 Å². The van der Waals surface area contributed by atoms with E-state index >= 15 is 0 Å². The summed E-state index contributed by atoms with van der Waals surface area (Å²) >= 11 is 6.75. The van der Waals surface area contributed by atoms with Crippen LogP contribution in [0.25, 0.3) is 0 Å². The first kappa shape index (κ1) is 47.4. The molecule has 5 heterocycles. The van der Waals surface area contributed by atoms with E-state index in [9.17, 15) is 33.9 Å². The molecule has 4 amide bonds. The number of imide groups is 1. The largest absolute Gasteiger partial charge is 0.495 e. The fraction of sp³-hybridized carbons (Fsp3) is 0.610. The summed E-state index contributed by atoms with van der Waals surface area (Å²) in [6.07, 6.45) is 0.105. The van der Waals surface area contributed by atoms with E-state index in [4.69, 9.17) is 54.3 Å². The van der Waals surface area contributed by atoms with Crippen molar-refractivity contribution >= 4 is 53.0 Å². The summed E-state index contributed by atoms with van der Waals surface area (Å²) in [5, 5.41) is 14.9. The first-order chi connectivity index (χ1) is 28.8. The van der Waals surface area contributed by atoms with E-state index in [0.29, 0.717) is 22.9 Å². The fourth-order valence-corrected chi connectivity index (χ4v) is 7.96. The van der Waals surface area contributed by atoms with Gasteiger partial charge in [0, 0.05) is 39.8 Å². The number of carbonyl (C=O) groups excluding carboxylic acids is 6. The number of amides is 4. The van der Waals surface area contributed by atoms with E-state index in [1.165, 1.54) is 26.0 Å². The van der Waals surface area contributed by atoms with Crippen LogP contribution in [0.15, 0.2) is 35.9 Å². The number of aliphatic hydroxyl groups is 1. The summed E-state index contributed by atoms with van der Waals surface area (Å²) in [7, 11) is 4.43. The lowest BCUT2D eigenvalue weighted by Gasteiger charge is -2.59. The van der Waals surface area contributed by atoms with Gasteiger partial charge < -0.3 is 52.7 Å². The van der Waals surface area contributed by atoms with Gasteiger partial charge in [-0.05, 0) is 51.8 Å². The second-order valence-corrected chi connectivity index (χ2v) is 16.1. The van der Waals surface area contributed by atoms with Gasteiger partial charge in [-0.1, -0.05) is 35.4 Å². The number of rotatable bonds is 14. The van der Waals surface area contributed by atoms with E-state index in [1.54, 1.807) is 45.2 Å². The molecule has 6 bridgehead atoms. The molecule has 5 aliphatic heterocycles. The number of nitrogens with zero attached hydrogens (tertiary/aromatic N) is 2. The van der Waals surface area contributed by atoms with Crippen LogP contribution >= 0.6 is 11.6 Å². The average Bonchev–Trinajstić information content (AvgIpc) is 3.50. The minimum Gasteiger partial charge on any atom is -0.495 e. The van der Waals surface area contributed by atoms with Crippen LogP contribution in [0, 0.1) is 0 Å². The molecule has 1 aromatic rings. The number of nitrogens with one attached hydrogen (secondary N) is 1. The van der Waals surface area contributed by atoms with E-state index in [2.05, 4.69) is 5.32 Å². The number of allylic oxidation sites excluding steroid dienone is 3. The topological polar surface area (TPSA) is 224 Å². The maximum Gasteiger partial charge on any atom is 0.409 e. The van der Waals surface area contributed by atoms with Crippen LogP contribution in [0.1, 0.15) is 65.4 Å². The molecule has 3 fully saturated rings. The SMILES string of the molecule is COc1cc2cc(c1Cl)N(C)C(=O)C[C@H](OC(=O)[C@H](C)OCCOCCOCC(=O)ON1C(=O)CCC1=O)[C@@]1(C)C[C@](C)(O1)C1C[C@@](O)(NC(=O)O1)[C@H](OC)/C=C/C=C(\C)C2. The number of alkyl carbamates (subject to hydrolysis) is 1. The highest BCUT2D eigenvalue weighted by molar-refractivity contribution is 6.35. The molecule has 0 aliphatic carbocycles. The Morgan fingerprint density at radius 3 is 2.36 bits per heavy atom. The van der Waals surface area contributed by atoms with Crippen molar-refractivity contribution in [1.82, 2.24) is 10.4 Å². The van der Waals surface area contributed by atoms with Gasteiger partial charge in [0.05, 0.1) is 45.6 Å². The predicted molar refractivity (Wildman–Crippen MR) is 213 cm³/mol. The minimum absolute atomic E-state index is 0.0188. The Morgan fingerprint density at radius 1 is 1.02 bits per heavy atom. The predicted octanol–water partition coefficient (Wildman–Crippen LogP) is 2.86. The van der Waals surface area contributed by atoms with E-state index in [-0.39, 0.29) is 63.6 Å². The molecule has 61 heavy (non-hydrogen) atoms. The zero-order chi connectivity index (χ0) is 44.7. The molecule has 3 saturated heterocycles. The molecule has 7 atom stereocenters. The molecular weight excluding hydrogens is 826 g/mol. The second kappa shape index (κ2) is 20.0. The zero-order valence-corrected chi connectivity index (χ0v) is 36.1. The number of hydroxylamine groups is 2. The van der Waals surface area contributed by atoms with Gasteiger partial charge in [-0.2, -0.15) is 0 Å². The summed E-state index contributed by atoms with van der Waals surface area (Å²) in [5.41, 5.74) is -2.29. The monoisotopic (exact) mass is 879 g/mol. The van der Waals surface area contributed by atoms with Crippen molar-refractivity contribution in [2.45, 2.75) is 108 Å². The highest BCUT2D eigenvalue weighted by atomic mass is 35.5. The summed E-state index contributed by atoms with van der Waals surface area (Å²) in [4.78, 5) is 81.7. The fourth-order valence-electron chi connectivity index (χ4n) is 7.65. The molecule has 0 aromatic heterocycles. The number of benzene rings is 1. The first-order valence-electron chi connectivity index (χ1n) is 19.8. The molecule has 336 valence electrons. The Hall–Kier alpha value is -4.63. The minimum atomic E-state index is -1.88. The lowest BCUT2D eigenvalue weighted by atomic mass is 9.72. The number of hydrogen-bond acceptors (Lipinski definition) is 16. The molecule has 19 nitrogen and oxygen atoms in total. The molecule has 1 unspecified atom stereocenters. The molecule has 0 spiro atoms. The van der Waals surface area contributed by atoms with Gasteiger partial charge >= 0.3 is 18.0 Å². The van der Waals surface area contributed by atoms with Gasteiger partial charge in [0.2, 0.25) is 5.91 Å². The summed E-state index contributed by atoms with van der Waals surface area (Å²) in [5.74, 6) is -3.03. The van der Waals surface area contributed by atoms with Crippen LogP contribution in [-0.2, 0) is 68.4 Å². The molecule has 2 N–H and O–H groups in total. The summed E-state index contributed by atoms with van der Waals surface area (Å²) < 4.78 is 45.6. The third kappa shape index (κ3) is 11.4. The van der Waals surface area contributed by atoms with Crippen LogP contribution in [0.4, 0.5) is 10.5 Å². The maximum atomic E-state index is 14.1. The number of hydrogen-bond donors (Lipinski definition) is 2. The lowest BCUT2D eigenvalue weighted by molar-refractivity contribution is -0.328. The summed E-state index contributed by atoms with van der Waals surface area (Å²) in [6, 6.07) is 3.54. The maximum absolute atomic E-state index is 14.1. The highest BCUT2D eigenvalue weighted by Crippen LogP contribution is 2.50. The van der Waals surface area contributed by atoms with Gasteiger partial charge in [-0.3, -0.25) is 19.7 Å². The van der Waals surface area contributed by atoms with Crippen molar-refractivity contribution in [2.75, 3.05) is 59.2 Å². The van der Waals surface area contributed by atoms with Crippen LogP contribution in [0.5, 0.6) is 5.75 Å². The number of carbonyl (C=O) groups is 6. The number of esters is 1. The van der Waals surface area contributed by atoms with E-state index in [0.717, 1.165) is 11.1 Å².